The minimum absolute atomic E-state index is 0.101. The number of hydrogen-bond acceptors (Lipinski definition) is 3. The first-order valence-corrected chi connectivity index (χ1v) is 7.49. The molecule has 0 saturated carbocycles. The van der Waals surface area contributed by atoms with Gasteiger partial charge in [0.05, 0.1) is 6.10 Å². The molecule has 0 heterocycles. The summed E-state index contributed by atoms with van der Waals surface area (Å²) in [5, 5.41) is 14.6. The number of hydrogen-bond donors (Lipinski definition) is 3. The van der Waals surface area contributed by atoms with Crippen molar-refractivity contribution < 1.29 is 14.7 Å². The maximum absolute atomic E-state index is 11.8. The summed E-state index contributed by atoms with van der Waals surface area (Å²) in [6, 6.07) is 5.75. The van der Waals surface area contributed by atoms with Gasteiger partial charge in [-0.3, -0.25) is 9.59 Å². The van der Waals surface area contributed by atoms with Gasteiger partial charge in [0.25, 0.3) is 0 Å². The summed E-state index contributed by atoms with van der Waals surface area (Å²) in [6.07, 6.45) is 4.08. The standard InChI is InChI=1S/C16H22N2O3/c1-2-4-14(19)10-17-15(20)16(21)18-13-8-7-11-5-3-6-12(11)9-13/h7-9,14,19H,2-6,10H2,1H3,(H,17,20)(H,18,21). The smallest absolute Gasteiger partial charge is 0.313 e. The third kappa shape index (κ3) is 4.29. The molecule has 2 rings (SSSR count). The van der Waals surface area contributed by atoms with E-state index >= 15 is 0 Å². The minimum Gasteiger partial charge on any atom is -0.391 e. The molecule has 2 amide bonds. The molecule has 1 aliphatic carbocycles. The van der Waals surface area contributed by atoms with E-state index in [2.05, 4.69) is 10.6 Å². The van der Waals surface area contributed by atoms with E-state index in [1.165, 1.54) is 11.1 Å². The second kappa shape index (κ2) is 7.22. The maximum Gasteiger partial charge on any atom is 0.313 e. The zero-order valence-electron chi connectivity index (χ0n) is 12.3. The first kappa shape index (κ1) is 15.5. The highest BCUT2D eigenvalue weighted by Crippen LogP contribution is 2.24. The highest BCUT2D eigenvalue weighted by molar-refractivity contribution is 6.39. The third-order valence-corrected chi connectivity index (χ3v) is 3.68. The quantitative estimate of drug-likeness (QED) is 0.717. The first-order valence-electron chi connectivity index (χ1n) is 7.49. The normalized spacial score (nSPS) is 14.4. The molecule has 0 radical (unpaired) electrons. The van der Waals surface area contributed by atoms with Crippen LogP contribution in [0.1, 0.15) is 37.3 Å². The lowest BCUT2D eigenvalue weighted by atomic mass is 10.1. The molecule has 3 N–H and O–H groups in total. The van der Waals surface area contributed by atoms with Crippen LogP contribution in [0.25, 0.3) is 0 Å². The Labute approximate surface area is 124 Å². The van der Waals surface area contributed by atoms with Crippen molar-refractivity contribution in [1.82, 2.24) is 5.32 Å². The van der Waals surface area contributed by atoms with E-state index in [0.29, 0.717) is 12.1 Å². The number of anilines is 1. The Morgan fingerprint density at radius 3 is 2.76 bits per heavy atom. The van der Waals surface area contributed by atoms with Crippen molar-refractivity contribution in [3.63, 3.8) is 0 Å². The Morgan fingerprint density at radius 2 is 2.00 bits per heavy atom. The van der Waals surface area contributed by atoms with Crippen LogP contribution in [0.2, 0.25) is 0 Å². The molecule has 21 heavy (non-hydrogen) atoms. The zero-order chi connectivity index (χ0) is 15.2. The number of carbonyl (C=O) groups excluding carboxylic acids is 2. The van der Waals surface area contributed by atoms with Gasteiger partial charge >= 0.3 is 11.8 Å². The lowest BCUT2D eigenvalue weighted by Gasteiger charge is -2.11. The van der Waals surface area contributed by atoms with E-state index < -0.39 is 17.9 Å². The van der Waals surface area contributed by atoms with Gasteiger partial charge in [0.2, 0.25) is 0 Å². The van der Waals surface area contributed by atoms with Crippen LogP contribution in [-0.4, -0.2) is 29.6 Å². The molecule has 1 aromatic rings. The van der Waals surface area contributed by atoms with Crippen LogP contribution in [0.3, 0.4) is 0 Å². The number of aliphatic hydroxyl groups excluding tert-OH is 1. The van der Waals surface area contributed by atoms with E-state index in [9.17, 15) is 14.7 Å². The van der Waals surface area contributed by atoms with Gasteiger partial charge in [-0.25, -0.2) is 0 Å². The lowest BCUT2D eigenvalue weighted by molar-refractivity contribution is -0.136. The van der Waals surface area contributed by atoms with Crippen molar-refractivity contribution in [2.24, 2.45) is 0 Å². The van der Waals surface area contributed by atoms with Crippen molar-refractivity contribution in [2.45, 2.75) is 45.1 Å². The van der Waals surface area contributed by atoms with Gasteiger partial charge in [0, 0.05) is 12.2 Å². The van der Waals surface area contributed by atoms with Crippen LogP contribution in [0.15, 0.2) is 18.2 Å². The Morgan fingerprint density at radius 1 is 1.24 bits per heavy atom. The Kier molecular flexibility index (Phi) is 5.33. The number of benzene rings is 1. The lowest BCUT2D eigenvalue weighted by Crippen LogP contribution is -2.39. The average molecular weight is 290 g/mol. The highest BCUT2D eigenvalue weighted by atomic mass is 16.3. The molecule has 0 saturated heterocycles. The monoisotopic (exact) mass is 290 g/mol. The largest absolute Gasteiger partial charge is 0.391 e. The van der Waals surface area contributed by atoms with Crippen LogP contribution >= 0.6 is 0 Å². The Bertz CT molecular complexity index is 528. The summed E-state index contributed by atoms with van der Waals surface area (Å²) in [5.74, 6) is -1.41. The summed E-state index contributed by atoms with van der Waals surface area (Å²) in [4.78, 5) is 23.4. The predicted octanol–water partition coefficient (Wildman–Crippen LogP) is 1.39. The van der Waals surface area contributed by atoms with Gasteiger partial charge in [0.1, 0.15) is 0 Å². The summed E-state index contributed by atoms with van der Waals surface area (Å²) in [5.41, 5.74) is 3.21. The van der Waals surface area contributed by atoms with Gasteiger partial charge in [-0.2, -0.15) is 0 Å². The van der Waals surface area contributed by atoms with Crippen molar-refractivity contribution in [1.29, 1.82) is 0 Å². The van der Waals surface area contributed by atoms with Crippen LogP contribution < -0.4 is 10.6 Å². The van der Waals surface area contributed by atoms with Crippen molar-refractivity contribution >= 4 is 17.5 Å². The molecule has 1 atom stereocenters. The van der Waals surface area contributed by atoms with Crippen LogP contribution in [0.4, 0.5) is 5.69 Å². The molecule has 1 aliphatic rings. The van der Waals surface area contributed by atoms with E-state index in [4.69, 9.17) is 0 Å². The average Bonchev–Trinajstić information content (AvgIpc) is 2.92. The van der Waals surface area contributed by atoms with Gasteiger partial charge in [0.15, 0.2) is 0 Å². The second-order valence-electron chi connectivity index (χ2n) is 5.44. The fourth-order valence-electron chi connectivity index (χ4n) is 2.56. The summed E-state index contributed by atoms with van der Waals surface area (Å²) in [7, 11) is 0. The van der Waals surface area contributed by atoms with E-state index in [1.54, 1.807) is 0 Å². The molecule has 0 bridgehead atoms. The fourth-order valence-corrected chi connectivity index (χ4v) is 2.56. The molecule has 0 fully saturated rings. The molecular weight excluding hydrogens is 268 g/mol. The van der Waals surface area contributed by atoms with Crippen LogP contribution in [-0.2, 0) is 22.4 Å². The molecular formula is C16H22N2O3. The van der Waals surface area contributed by atoms with Gasteiger partial charge in [-0.05, 0) is 48.9 Å². The fraction of sp³-hybridized carbons (Fsp3) is 0.500. The van der Waals surface area contributed by atoms with Crippen LogP contribution in [0.5, 0.6) is 0 Å². The van der Waals surface area contributed by atoms with E-state index in [-0.39, 0.29) is 6.54 Å². The minimum atomic E-state index is -0.717. The number of aliphatic hydroxyl groups is 1. The molecule has 1 unspecified atom stereocenters. The van der Waals surface area contributed by atoms with Gasteiger partial charge in [-0.15, -0.1) is 0 Å². The summed E-state index contributed by atoms with van der Waals surface area (Å²) >= 11 is 0. The highest BCUT2D eigenvalue weighted by Gasteiger charge is 2.16. The second-order valence-corrected chi connectivity index (χ2v) is 5.44. The number of aryl methyl sites for hydroxylation is 2. The number of amides is 2. The van der Waals surface area contributed by atoms with Gasteiger partial charge < -0.3 is 15.7 Å². The van der Waals surface area contributed by atoms with Crippen molar-refractivity contribution in [3.05, 3.63) is 29.3 Å². The topological polar surface area (TPSA) is 78.4 Å². The van der Waals surface area contributed by atoms with E-state index in [1.807, 2.05) is 25.1 Å². The van der Waals surface area contributed by atoms with Crippen LogP contribution in [0, 0.1) is 0 Å². The molecule has 0 aromatic heterocycles. The first-order chi connectivity index (χ1) is 10.1. The maximum atomic E-state index is 11.8. The number of fused-ring (bicyclic) bond motifs is 1. The molecule has 1 aromatic carbocycles. The SMILES string of the molecule is CCCC(O)CNC(=O)C(=O)Nc1ccc2c(c1)CCC2. The Hall–Kier alpha value is -1.88. The third-order valence-electron chi connectivity index (χ3n) is 3.68. The predicted molar refractivity (Wildman–Crippen MR) is 81.0 cm³/mol. The summed E-state index contributed by atoms with van der Waals surface area (Å²) in [6.45, 7) is 2.05. The molecule has 0 aliphatic heterocycles. The van der Waals surface area contributed by atoms with Gasteiger partial charge in [-0.1, -0.05) is 19.4 Å². The number of rotatable bonds is 5. The number of carbonyl (C=O) groups is 2. The summed E-state index contributed by atoms with van der Waals surface area (Å²) < 4.78 is 0. The molecule has 5 nitrogen and oxygen atoms in total. The van der Waals surface area contributed by atoms with Crippen molar-refractivity contribution in [2.75, 3.05) is 11.9 Å². The Balaban J connectivity index is 1.84. The van der Waals surface area contributed by atoms with E-state index in [0.717, 1.165) is 25.7 Å². The zero-order valence-corrected chi connectivity index (χ0v) is 12.3. The number of nitrogens with one attached hydrogen (secondary N) is 2. The van der Waals surface area contributed by atoms with Crippen molar-refractivity contribution in [3.8, 4) is 0 Å². The molecule has 0 spiro atoms. The molecule has 5 heteroatoms. The molecule has 114 valence electrons.